The average Bonchev–Trinajstić information content (AvgIpc) is 2.34. The second-order valence-electron chi connectivity index (χ2n) is 5.05. The summed E-state index contributed by atoms with van der Waals surface area (Å²) < 4.78 is 5.02. The second-order valence-corrected chi connectivity index (χ2v) is 5.76. The monoisotopic (exact) mass is 297 g/mol. The summed E-state index contributed by atoms with van der Waals surface area (Å²) in [5, 5.41) is 10.5. The van der Waals surface area contributed by atoms with Crippen molar-refractivity contribution in [1.29, 1.82) is 0 Å². The van der Waals surface area contributed by atoms with Crippen molar-refractivity contribution in [3.05, 3.63) is 24.3 Å². The third-order valence-electron chi connectivity index (χ3n) is 2.05. The molecule has 0 bridgehead atoms. The van der Waals surface area contributed by atoms with Crippen LogP contribution >= 0.6 is 11.9 Å². The number of hydrogen-bond acceptors (Lipinski definition) is 5. The number of amides is 2. The Bertz CT molecular complexity index is 486. The van der Waals surface area contributed by atoms with E-state index in [4.69, 9.17) is 9.88 Å². The Morgan fingerprint density at radius 3 is 2.65 bits per heavy atom. The number of nitrogens with one attached hydrogen (secondary N) is 2. The van der Waals surface area contributed by atoms with E-state index in [-0.39, 0.29) is 12.5 Å². The van der Waals surface area contributed by atoms with Gasteiger partial charge < -0.3 is 15.4 Å². The molecule has 0 atom stereocenters. The van der Waals surface area contributed by atoms with Crippen LogP contribution in [0.25, 0.3) is 0 Å². The van der Waals surface area contributed by atoms with Crippen LogP contribution in [-0.4, -0.2) is 24.1 Å². The zero-order valence-electron chi connectivity index (χ0n) is 11.7. The van der Waals surface area contributed by atoms with Crippen molar-refractivity contribution in [3.63, 3.8) is 0 Å². The third kappa shape index (κ3) is 6.44. The summed E-state index contributed by atoms with van der Waals surface area (Å²) in [6.45, 7) is 5.10. The summed E-state index contributed by atoms with van der Waals surface area (Å²) >= 11 is 1.09. The van der Waals surface area contributed by atoms with Crippen LogP contribution in [0.15, 0.2) is 29.2 Å². The molecule has 0 heterocycles. The molecule has 1 aromatic rings. The van der Waals surface area contributed by atoms with E-state index in [1.54, 1.807) is 39.0 Å². The minimum Gasteiger partial charge on any atom is -0.444 e. The fourth-order valence-electron chi connectivity index (χ4n) is 1.32. The molecule has 4 N–H and O–H groups in total. The maximum atomic E-state index is 11.7. The van der Waals surface area contributed by atoms with Crippen LogP contribution in [0.2, 0.25) is 0 Å². The molecular formula is C13H19N3O3S. The molecule has 0 fully saturated rings. The van der Waals surface area contributed by atoms with E-state index in [0.717, 1.165) is 16.8 Å². The molecule has 0 aromatic heterocycles. The van der Waals surface area contributed by atoms with Crippen molar-refractivity contribution in [1.82, 2.24) is 5.32 Å². The molecule has 7 heteroatoms. The minimum atomic E-state index is -0.626. The Morgan fingerprint density at radius 2 is 2.05 bits per heavy atom. The molecular weight excluding hydrogens is 278 g/mol. The third-order valence-corrected chi connectivity index (χ3v) is 2.57. The molecule has 0 saturated carbocycles. The number of carbonyl (C=O) groups is 2. The van der Waals surface area contributed by atoms with Gasteiger partial charge in [0.1, 0.15) is 12.1 Å². The highest BCUT2D eigenvalue weighted by Crippen LogP contribution is 2.16. The molecule has 0 radical (unpaired) electrons. The predicted octanol–water partition coefficient (Wildman–Crippen LogP) is 2.12. The summed E-state index contributed by atoms with van der Waals surface area (Å²) in [5.41, 5.74) is 0.0317. The molecule has 1 aromatic carbocycles. The molecule has 0 aliphatic rings. The van der Waals surface area contributed by atoms with Gasteiger partial charge in [-0.25, -0.2) is 4.79 Å². The number of hydrogen-bond donors (Lipinski definition) is 3. The van der Waals surface area contributed by atoms with Crippen LogP contribution in [0.4, 0.5) is 10.5 Å². The number of nitrogens with two attached hydrogens (primary N) is 1. The first-order valence-corrected chi connectivity index (χ1v) is 6.91. The number of ether oxygens (including phenoxy) is 1. The lowest BCUT2D eigenvalue weighted by Crippen LogP contribution is -2.37. The average molecular weight is 297 g/mol. The summed E-state index contributed by atoms with van der Waals surface area (Å²) in [5.74, 6) is -0.338. The summed E-state index contributed by atoms with van der Waals surface area (Å²) in [6, 6.07) is 7.10. The summed E-state index contributed by atoms with van der Waals surface area (Å²) in [4.78, 5) is 23.9. The normalized spacial score (nSPS) is 10.8. The highest BCUT2D eigenvalue weighted by molar-refractivity contribution is 7.97. The lowest BCUT2D eigenvalue weighted by Gasteiger charge is -2.19. The highest BCUT2D eigenvalue weighted by atomic mass is 32.2. The fourth-order valence-corrected chi connectivity index (χ4v) is 1.67. The smallest absolute Gasteiger partial charge is 0.408 e. The van der Waals surface area contributed by atoms with Gasteiger partial charge in [0.05, 0.1) is 0 Å². The van der Waals surface area contributed by atoms with E-state index in [1.165, 1.54) is 0 Å². The number of rotatable bonds is 4. The lowest BCUT2D eigenvalue weighted by atomic mass is 10.2. The van der Waals surface area contributed by atoms with E-state index in [9.17, 15) is 9.59 Å². The molecule has 0 saturated heterocycles. The van der Waals surface area contributed by atoms with Crippen LogP contribution in [0.5, 0.6) is 0 Å². The van der Waals surface area contributed by atoms with Gasteiger partial charge in [-0.2, -0.15) is 0 Å². The Labute approximate surface area is 122 Å². The zero-order valence-corrected chi connectivity index (χ0v) is 12.5. The first-order valence-electron chi connectivity index (χ1n) is 6.03. The number of alkyl carbamates (subject to hydrolysis) is 1. The number of carbonyl (C=O) groups excluding carboxylic acids is 2. The van der Waals surface area contributed by atoms with Crippen molar-refractivity contribution in [3.8, 4) is 0 Å². The number of anilines is 1. The molecule has 110 valence electrons. The molecule has 1 rings (SSSR count). The quantitative estimate of drug-likeness (QED) is 0.740. The van der Waals surface area contributed by atoms with E-state index < -0.39 is 11.7 Å². The Balaban J connectivity index is 2.42. The SMILES string of the molecule is CC(C)(C)OC(=O)NCC(=O)Nc1cccc(SN)c1. The van der Waals surface area contributed by atoms with Crippen LogP contribution in [0.1, 0.15) is 20.8 Å². The Kier molecular flexibility index (Phi) is 5.84. The maximum absolute atomic E-state index is 11.7. The first-order chi connectivity index (χ1) is 9.30. The lowest BCUT2D eigenvalue weighted by molar-refractivity contribution is -0.115. The van der Waals surface area contributed by atoms with Crippen LogP contribution in [0.3, 0.4) is 0 Å². The van der Waals surface area contributed by atoms with E-state index in [1.807, 2.05) is 6.07 Å². The van der Waals surface area contributed by atoms with Crippen molar-refractivity contribution in [2.45, 2.75) is 31.3 Å². The highest BCUT2D eigenvalue weighted by Gasteiger charge is 2.16. The van der Waals surface area contributed by atoms with Gasteiger partial charge in [0.2, 0.25) is 5.91 Å². The van der Waals surface area contributed by atoms with Crippen LogP contribution in [0, 0.1) is 0 Å². The van der Waals surface area contributed by atoms with E-state index in [0.29, 0.717) is 5.69 Å². The van der Waals surface area contributed by atoms with Gasteiger partial charge in [-0.3, -0.25) is 9.93 Å². The largest absolute Gasteiger partial charge is 0.444 e. The first kappa shape index (κ1) is 16.3. The Morgan fingerprint density at radius 1 is 1.35 bits per heavy atom. The van der Waals surface area contributed by atoms with E-state index in [2.05, 4.69) is 10.6 Å². The molecule has 0 aliphatic heterocycles. The standard InChI is InChI=1S/C13H19N3O3S/c1-13(2,3)19-12(18)15-8-11(17)16-9-5-4-6-10(7-9)20-14/h4-7H,8,14H2,1-3H3,(H,15,18)(H,16,17). The van der Waals surface area contributed by atoms with Crippen LogP contribution in [-0.2, 0) is 9.53 Å². The van der Waals surface area contributed by atoms with Gasteiger partial charge in [-0.1, -0.05) is 6.07 Å². The van der Waals surface area contributed by atoms with Crippen molar-refractivity contribution in [2.24, 2.45) is 5.14 Å². The van der Waals surface area contributed by atoms with Crippen molar-refractivity contribution < 1.29 is 14.3 Å². The summed E-state index contributed by atoms with van der Waals surface area (Å²) in [6.07, 6.45) is -0.626. The molecule has 6 nitrogen and oxygen atoms in total. The topological polar surface area (TPSA) is 93.4 Å². The second kappa shape index (κ2) is 7.16. The minimum absolute atomic E-state index is 0.158. The van der Waals surface area contributed by atoms with Gasteiger partial charge >= 0.3 is 6.09 Å². The van der Waals surface area contributed by atoms with Crippen molar-refractivity contribution in [2.75, 3.05) is 11.9 Å². The molecule has 0 unspecified atom stereocenters. The van der Waals surface area contributed by atoms with Gasteiger partial charge in [-0.05, 0) is 50.9 Å². The number of benzene rings is 1. The Hall–Kier alpha value is -1.73. The summed E-state index contributed by atoms with van der Waals surface area (Å²) in [7, 11) is 0. The van der Waals surface area contributed by atoms with Gasteiger partial charge in [-0.15, -0.1) is 0 Å². The zero-order chi connectivity index (χ0) is 15.2. The predicted molar refractivity (Wildman–Crippen MR) is 79.4 cm³/mol. The molecule has 20 heavy (non-hydrogen) atoms. The molecule has 0 aliphatic carbocycles. The fraction of sp³-hybridized carbons (Fsp3) is 0.385. The van der Waals surface area contributed by atoms with Crippen LogP contribution < -0.4 is 15.8 Å². The van der Waals surface area contributed by atoms with Gasteiger partial charge in [0.25, 0.3) is 0 Å². The van der Waals surface area contributed by atoms with Crippen molar-refractivity contribution >= 4 is 29.6 Å². The van der Waals surface area contributed by atoms with Gasteiger partial charge in [0, 0.05) is 10.6 Å². The molecule has 0 spiro atoms. The maximum Gasteiger partial charge on any atom is 0.408 e. The van der Waals surface area contributed by atoms with Gasteiger partial charge in [0.15, 0.2) is 0 Å². The van der Waals surface area contributed by atoms with E-state index >= 15 is 0 Å². The molecule has 2 amide bonds.